The first kappa shape index (κ1) is 21.7. The van der Waals surface area contributed by atoms with Gasteiger partial charge in [0.25, 0.3) is 11.8 Å². The first-order valence-corrected chi connectivity index (χ1v) is 9.86. The second kappa shape index (κ2) is 11.3. The predicted molar refractivity (Wildman–Crippen MR) is 116 cm³/mol. The van der Waals surface area contributed by atoms with Crippen molar-refractivity contribution in [2.24, 2.45) is 0 Å². The summed E-state index contributed by atoms with van der Waals surface area (Å²) < 4.78 is 16.6. The molecule has 0 saturated carbocycles. The summed E-state index contributed by atoms with van der Waals surface area (Å²) in [6, 6.07) is 23.5. The highest BCUT2D eigenvalue weighted by atomic mass is 16.5. The lowest BCUT2D eigenvalue weighted by molar-refractivity contribution is -0.123. The molecule has 0 heterocycles. The van der Waals surface area contributed by atoms with Crippen molar-refractivity contribution in [1.29, 1.82) is 0 Å². The van der Waals surface area contributed by atoms with Crippen molar-refractivity contribution in [2.75, 3.05) is 13.2 Å². The molecule has 0 aliphatic rings. The van der Waals surface area contributed by atoms with Crippen LogP contribution in [0.5, 0.6) is 17.2 Å². The number of amides is 2. The number of hydrogen-bond acceptors (Lipinski definition) is 5. The lowest BCUT2D eigenvalue weighted by atomic mass is 10.2. The smallest absolute Gasteiger partial charge is 0.276 e. The van der Waals surface area contributed by atoms with E-state index in [1.54, 1.807) is 42.5 Å². The van der Waals surface area contributed by atoms with E-state index in [4.69, 9.17) is 14.2 Å². The molecular weight excluding hydrogens is 396 g/mol. The first-order valence-electron chi connectivity index (χ1n) is 9.86. The molecule has 3 aromatic carbocycles. The molecule has 0 aromatic heterocycles. The fourth-order valence-electron chi connectivity index (χ4n) is 2.69. The first-order chi connectivity index (χ1) is 15.2. The van der Waals surface area contributed by atoms with Gasteiger partial charge in [0.1, 0.15) is 12.4 Å². The quantitative estimate of drug-likeness (QED) is 0.518. The molecule has 2 amide bonds. The normalized spacial score (nSPS) is 10.1. The Morgan fingerprint density at radius 2 is 1.48 bits per heavy atom. The van der Waals surface area contributed by atoms with Crippen molar-refractivity contribution in [1.82, 2.24) is 10.9 Å². The van der Waals surface area contributed by atoms with Crippen molar-refractivity contribution in [3.05, 3.63) is 90.0 Å². The highest BCUT2D eigenvalue weighted by Crippen LogP contribution is 2.26. The van der Waals surface area contributed by atoms with Crippen LogP contribution in [0.3, 0.4) is 0 Å². The third-order valence-electron chi connectivity index (χ3n) is 4.17. The summed E-state index contributed by atoms with van der Waals surface area (Å²) >= 11 is 0. The zero-order chi connectivity index (χ0) is 21.9. The van der Waals surface area contributed by atoms with E-state index in [0.29, 0.717) is 36.0 Å². The lowest BCUT2D eigenvalue weighted by Gasteiger charge is -2.12. The highest BCUT2D eigenvalue weighted by Gasteiger charge is 2.10. The Labute approximate surface area is 180 Å². The molecule has 7 heteroatoms. The van der Waals surface area contributed by atoms with Crippen LogP contribution in [-0.4, -0.2) is 25.0 Å². The Morgan fingerprint density at radius 1 is 0.774 bits per heavy atom. The molecule has 0 aliphatic carbocycles. The maximum Gasteiger partial charge on any atom is 0.276 e. The van der Waals surface area contributed by atoms with Gasteiger partial charge in [-0.25, -0.2) is 0 Å². The Kier molecular flexibility index (Phi) is 7.88. The Bertz CT molecular complexity index is 1010. The van der Waals surface area contributed by atoms with Gasteiger partial charge in [-0.3, -0.25) is 20.4 Å². The summed E-state index contributed by atoms with van der Waals surface area (Å²) in [5.74, 6) is 0.589. The molecule has 0 bridgehead atoms. The number of rotatable bonds is 9. The average molecular weight is 420 g/mol. The van der Waals surface area contributed by atoms with Crippen LogP contribution in [0, 0.1) is 0 Å². The fourth-order valence-corrected chi connectivity index (χ4v) is 2.69. The maximum absolute atomic E-state index is 12.3. The van der Waals surface area contributed by atoms with Crippen LogP contribution in [0.4, 0.5) is 0 Å². The number of hydrazine groups is 1. The van der Waals surface area contributed by atoms with Crippen LogP contribution in [0.25, 0.3) is 0 Å². The van der Waals surface area contributed by atoms with Crippen LogP contribution >= 0.6 is 0 Å². The van der Waals surface area contributed by atoms with Crippen molar-refractivity contribution in [3.8, 4) is 17.2 Å². The molecule has 3 rings (SSSR count). The third-order valence-corrected chi connectivity index (χ3v) is 4.17. The summed E-state index contributed by atoms with van der Waals surface area (Å²) in [4.78, 5) is 24.4. The Morgan fingerprint density at radius 3 is 2.23 bits per heavy atom. The molecule has 0 spiro atoms. The maximum atomic E-state index is 12.3. The van der Waals surface area contributed by atoms with Gasteiger partial charge >= 0.3 is 0 Å². The second-order valence-electron chi connectivity index (χ2n) is 6.47. The molecule has 0 atom stereocenters. The molecule has 2 N–H and O–H groups in total. The molecule has 3 aromatic rings. The number of ether oxygens (including phenoxy) is 3. The predicted octanol–water partition coefficient (Wildman–Crippen LogP) is 3.50. The summed E-state index contributed by atoms with van der Waals surface area (Å²) in [6.45, 7) is 2.46. The largest absolute Gasteiger partial charge is 0.490 e. The van der Waals surface area contributed by atoms with E-state index in [0.717, 1.165) is 5.56 Å². The monoisotopic (exact) mass is 420 g/mol. The summed E-state index contributed by atoms with van der Waals surface area (Å²) in [6.07, 6.45) is 0. The molecule has 0 fully saturated rings. The van der Waals surface area contributed by atoms with E-state index in [2.05, 4.69) is 10.9 Å². The zero-order valence-corrected chi connectivity index (χ0v) is 17.2. The van der Waals surface area contributed by atoms with Gasteiger partial charge < -0.3 is 14.2 Å². The van der Waals surface area contributed by atoms with E-state index >= 15 is 0 Å². The van der Waals surface area contributed by atoms with Crippen molar-refractivity contribution < 1.29 is 23.8 Å². The summed E-state index contributed by atoms with van der Waals surface area (Å²) in [7, 11) is 0. The number of carbonyl (C=O) groups is 2. The van der Waals surface area contributed by atoms with E-state index < -0.39 is 11.8 Å². The average Bonchev–Trinajstić information content (AvgIpc) is 2.81. The topological polar surface area (TPSA) is 85.9 Å². The number of para-hydroxylation sites is 2. The minimum atomic E-state index is -0.504. The molecule has 0 unspecified atom stereocenters. The van der Waals surface area contributed by atoms with Gasteiger partial charge in [-0.05, 0) is 42.8 Å². The van der Waals surface area contributed by atoms with E-state index in [1.807, 2.05) is 43.3 Å². The van der Waals surface area contributed by atoms with Gasteiger partial charge in [0.2, 0.25) is 0 Å². The number of nitrogens with one attached hydrogen (secondary N) is 2. The van der Waals surface area contributed by atoms with Gasteiger partial charge in [0, 0.05) is 5.56 Å². The Balaban J connectivity index is 1.47. The van der Waals surface area contributed by atoms with Crippen LogP contribution < -0.4 is 25.1 Å². The van der Waals surface area contributed by atoms with Crippen molar-refractivity contribution in [3.63, 3.8) is 0 Å². The molecule has 0 radical (unpaired) electrons. The fraction of sp³-hybridized carbons (Fsp3) is 0.167. The zero-order valence-electron chi connectivity index (χ0n) is 17.2. The number of carbonyl (C=O) groups excluding carboxylic acids is 2. The minimum Gasteiger partial charge on any atom is -0.490 e. The molecular formula is C24H24N2O5. The van der Waals surface area contributed by atoms with E-state index in [1.165, 1.54) is 0 Å². The molecule has 31 heavy (non-hydrogen) atoms. The minimum absolute atomic E-state index is 0.273. The SMILES string of the molecule is CCOc1ccccc1OCC(=O)NNC(=O)c1cccc(OCc2ccccc2)c1. The van der Waals surface area contributed by atoms with Crippen LogP contribution in [0.15, 0.2) is 78.9 Å². The van der Waals surface area contributed by atoms with Crippen molar-refractivity contribution >= 4 is 11.8 Å². The van der Waals surface area contributed by atoms with Gasteiger partial charge in [-0.2, -0.15) is 0 Å². The van der Waals surface area contributed by atoms with Crippen LogP contribution in [0.1, 0.15) is 22.8 Å². The molecule has 0 aliphatic heterocycles. The standard InChI is InChI=1S/C24H24N2O5/c1-2-29-21-13-6-7-14-22(21)31-17-23(27)25-26-24(28)19-11-8-12-20(15-19)30-16-18-9-4-3-5-10-18/h3-15H,2,16-17H2,1H3,(H,25,27)(H,26,28). The van der Waals surface area contributed by atoms with Crippen LogP contribution in [-0.2, 0) is 11.4 Å². The summed E-state index contributed by atoms with van der Waals surface area (Å²) in [5.41, 5.74) is 6.08. The van der Waals surface area contributed by atoms with E-state index in [9.17, 15) is 9.59 Å². The highest BCUT2D eigenvalue weighted by molar-refractivity contribution is 5.95. The van der Waals surface area contributed by atoms with Gasteiger partial charge in [-0.15, -0.1) is 0 Å². The lowest BCUT2D eigenvalue weighted by Crippen LogP contribution is -2.43. The molecule has 0 saturated heterocycles. The van der Waals surface area contributed by atoms with E-state index in [-0.39, 0.29) is 6.61 Å². The second-order valence-corrected chi connectivity index (χ2v) is 6.47. The molecule has 7 nitrogen and oxygen atoms in total. The number of hydrogen-bond donors (Lipinski definition) is 2. The van der Waals surface area contributed by atoms with Crippen molar-refractivity contribution in [2.45, 2.75) is 13.5 Å². The van der Waals surface area contributed by atoms with Crippen LogP contribution in [0.2, 0.25) is 0 Å². The summed E-state index contributed by atoms with van der Waals surface area (Å²) in [5, 5.41) is 0. The number of benzene rings is 3. The Hall–Kier alpha value is -4.00. The van der Waals surface area contributed by atoms with Gasteiger partial charge in [-0.1, -0.05) is 48.5 Å². The van der Waals surface area contributed by atoms with Gasteiger partial charge in [0.05, 0.1) is 6.61 Å². The van der Waals surface area contributed by atoms with Gasteiger partial charge in [0.15, 0.2) is 18.1 Å². The molecule has 160 valence electrons. The third kappa shape index (κ3) is 6.78.